The van der Waals surface area contributed by atoms with Crippen LogP contribution in [0.5, 0.6) is 0 Å². The average molecular weight is 372 g/mol. The van der Waals surface area contributed by atoms with Crippen LogP contribution in [0.2, 0.25) is 0 Å². The molecule has 0 radical (unpaired) electrons. The lowest BCUT2D eigenvalue weighted by Crippen LogP contribution is -2.30. The molecule has 2 aromatic heterocycles. The molecule has 1 fully saturated rings. The molecule has 0 aliphatic heterocycles. The molecule has 4 rings (SSSR count). The summed E-state index contributed by atoms with van der Waals surface area (Å²) in [6.45, 7) is 0.681. The molecule has 1 saturated carbocycles. The topological polar surface area (TPSA) is 34.0 Å². The molecule has 0 saturated heterocycles. The van der Waals surface area contributed by atoms with Gasteiger partial charge >= 0.3 is 6.18 Å². The maximum atomic E-state index is 13.3. The highest BCUT2D eigenvalue weighted by Crippen LogP contribution is 2.35. The van der Waals surface area contributed by atoms with Gasteiger partial charge in [0.15, 0.2) is 0 Å². The van der Waals surface area contributed by atoms with Crippen LogP contribution < -0.4 is 0 Å². The zero-order valence-corrected chi connectivity index (χ0v) is 14.6. The first kappa shape index (κ1) is 17.7. The Labute approximate surface area is 155 Å². The van der Waals surface area contributed by atoms with Crippen LogP contribution in [0.3, 0.4) is 0 Å². The van der Waals surface area contributed by atoms with E-state index in [1.165, 1.54) is 6.07 Å². The van der Waals surface area contributed by atoms with Crippen molar-refractivity contribution in [3.63, 3.8) is 0 Å². The third-order valence-corrected chi connectivity index (χ3v) is 4.75. The van der Waals surface area contributed by atoms with E-state index in [9.17, 15) is 13.2 Å². The molecule has 2 heterocycles. The molecule has 0 N–H and O–H groups in total. The Morgan fingerprint density at radius 3 is 2.56 bits per heavy atom. The summed E-state index contributed by atoms with van der Waals surface area (Å²) in [5.74, 6) is 0. The summed E-state index contributed by atoms with van der Waals surface area (Å²) in [7, 11) is 0. The second kappa shape index (κ2) is 7.15. The van der Waals surface area contributed by atoms with Crippen molar-refractivity contribution >= 4 is 0 Å². The summed E-state index contributed by atoms with van der Waals surface area (Å²) in [5.41, 5.74) is 1.56. The minimum atomic E-state index is -4.35. The molecule has 0 spiro atoms. The number of hydrogen-bond donors (Lipinski definition) is 0. The first-order chi connectivity index (χ1) is 13.0. The van der Waals surface area contributed by atoms with Crippen molar-refractivity contribution in [2.45, 2.75) is 38.3 Å². The maximum Gasteiger partial charge on any atom is 0.416 e. The summed E-state index contributed by atoms with van der Waals surface area (Å²) >= 11 is 0. The lowest BCUT2D eigenvalue weighted by atomic mass is 10.1. The number of halogens is 3. The van der Waals surface area contributed by atoms with Crippen molar-refractivity contribution < 1.29 is 13.2 Å². The molecule has 1 aliphatic carbocycles. The van der Waals surface area contributed by atoms with Gasteiger partial charge in [0, 0.05) is 36.7 Å². The molecular formula is C20H19F3N4. The highest BCUT2D eigenvalue weighted by Gasteiger charge is 2.35. The van der Waals surface area contributed by atoms with Crippen LogP contribution in [0.15, 0.2) is 61.1 Å². The second-order valence-corrected chi connectivity index (χ2v) is 6.73. The van der Waals surface area contributed by atoms with Gasteiger partial charge in [0.25, 0.3) is 0 Å². The number of pyridine rings is 1. The number of aromatic nitrogens is 3. The molecule has 27 heavy (non-hydrogen) atoms. The molecule has 0 bridgehead atoms. The minimum Gasteiger partial charge on any atom is -0.277 e. The van der Waals surface area contributed by atoms with Crippen molar-refractivity contribution in [3.8, 4) is 11.3 Å². The van der Waals surface area contributed by atoms with Gasteiger partial charge in [0.05, 0.1) is 17.9 Å². The SMILES string of the molecule is FC(F)(F)c1ccccc1CN(Cn1nccc1-c1cccnc1)C1CC1. The highest BCUT2D eigenvalue weighted by molar-refractivity contribution is 5.57. The van der Waals surface area contributed by atoms with Crippen molar-refractivity contribution in [2.75, 3.05) is 0 Å². The van der Waals surface area contributed by atoms with E-state index < -0.39 is 11.7 Å². The molecule has 1 aliphatic rings. The fraction of sp³-hybridized carbons (Fsp3) is 0.300. The van der Waals surface area contributed by atoms with Gasteiger partial charge in [-0.3, -0.25) is 14.6 Å². The Balaban J connectivity index is 1.59. The van der Waals surface area contributed by atoms with Crippen molar-refractivity contribution in [1.29, 1.82) is 0 Å². The van der Waals surface area contributed by atoms with E-state index >= 15 is 0 Å². The highest BCUT2D eigenvalue weighted by atomic mass is 19.4. The van der Waals surface area contributed by atoms with Crippen molar-refractivity contribution in [2.24, 2.45) is 0 Å². The van der Waals surface area contributed by atoms with Gasteiger partial charge in [-0.2, -0.15) is 18.3 Å². The number of hydrogen-bond acceptors (Lipinski definition) is 3. The van der Waals surface area contributed by atoms with E-state index in [4.69, 9.17) is 0 Å². The standard InChI is InChI=1S/C20H19F3N4/c21-20(22,23)18-6-2-1-4-16(18)13-26(17-7-8-17)14-27-19(9-11-25-27)15-5-3-10-24-12-15/h1-6,9-12,17H,7-8,13-14H2. The van der Waals surface area contributed by atoms with E-state index in [-0.39, 0.29) is 12.6 Å². The van der Waals surface area contributed by atoms with Gasteiger partial charge in [0.2, 0.25) is 0 Å². The predicted molar refractivity (Wildman–Crippen MR) is 95.5 cm³/mol. The zero-order valence-electron chi connectivity index (χ0n) is 14.6. The normalized spacial score (nSPS) is 14.7. The Morgan fingerprint density at radius 2 is 1.85 bits per heavy atom. The van der Waals surface area contributed by atoms with Crippen LogP contribution in [0.1, 0.15) is 24.0 Å². The molecule has 1 aromatic carbocycles. The summed E-state index contributed by atoms with van der Waals surface area (Å²) in [4.78, 5) is 6.20. The molecule has 140 valence electrons. The third kappa shape index (κ3) is 4.03. The predicted octanol–water partition coefficient (Wildman–Crippen LogP) is 4.59. The van der Waals surface area contributed by atoms with Gasteiger partial charge in [-0.15, -0.1) is 0 Å². The lowest BCUT2D eigenvalue weighted by molar-refractivity contribution is -0.138. The number of nitrogens with zero attached hydrogens (tertiary/aromatic N) is 4. The van der Waals surface area contributed by atoms with Gasteiger partial charge in [-0.1, -0.05) is 18.2 Å². The minimum absolute atomic E-state index is 0.243. The molecule has 7 heteroatoms. The van der Waals surface area contributed by atoms with Crippen LogP contribution in [0.25, 0.3) is 11.3 Å². The van der Waals surface area contributed by atoms with E-state index in [0.717, 1.165) is 30.2 Å². The Morgan fingerprint density at radius 1 is 1.04 bits per heavy atom. The van der Waals surface area contributed by atoms with Crippen LogP contribution in [-0.4, -0.2) is 25.7 Å². The quantitative estimate of drug-likeness (QED) is 0.635. The second-order valence-electron chi connectivity index (χ2n) is 6.73. The van der Waals surface area contributed by atoms with Crippen LogP contribution >= 0.6 is 0 Å². The van der Waals surface area contributed by atoms with E-state index in [2.05, 4.69) is 15.0 Å². The van der Waals surface area contributed by atoms with Crippen LogP contribution in [0, 0.1) is 0 Å². The van der Waals surface area contributed by atoms with Gasteiger partial charge in [0.1, 0.15) is 0 Å². The monoisotopic (exact) mass is 372 g/mol. The average Bonchev–Trinajstić information content (AvgIpc) is 3.41. The first-order valence-electron chi connectivity index (χ1n) is 8.84. The smallest absolute Gasteiger partial charge is 0.277 e. The van der Waals surface area contributed by atoms with Gasteiger partial charge in [-0.25, -0.2) is 0 Å². The fourth-order valence-electron chi connectivity index (χ4n) is 3.26. The third-order valence-electron chi connectivity index (χ3n) is 4.75. The van der Waals surface area contributed by atoms with Crippen molar-refractivity contribution in [3.05, 3.63) is 72.2 Å². The summed E-state index contributed by atoms with van der Waals surface area (Å²) in [6, 6.07) is 11.8. The van der Waals surface area contributed by atoms with Gasteiger partial charge in [-0.05, 0) is 42.7 Å². The van der Waals surface area contributed by atoms with Crippen LogP contribution in [0.4, 0.5) is 13.2 Å². The molecular weight excluding hydrogens is 353 g/mol. The zero-order chi connectivity index (χ0) is 18.9. The maximum absolute atomic E-state index is 13.3. The van der Waals surface area contributed by atoms with Gasteiger partial charge < -0.3 is 0 Å². The van der Waals surface area contributed by atoms with Crippen molar-refractivity contribution in [1.82, 2.24) is 19.7 Å². The van der Waals surface area contributed by atoms with E-state index in [0.29, 0.717) is 12.2 Å². The molecule has 3 aromatic rings. The number of benzene rings is 1. The summed E-state index contributed by atoms with van der Waals surface area (Å²) in [6.07, 6.45) is 2.81. The lowest BCUT2D eigenvalue weighted by Gasteiger charge is -2.25. The van der Waals surface area contributed by atoms with E-state index in [1.807, 2.05) is 22.9 Å². The van der Waals surface area contributed by atoms with E-state index in [1.54, 1.807) is 30.7 Å². The Kier molecular flexibility index (Phi) is 4.70. The first-order valence-corrected chi connectivity index (χ1v) is 8.84. The number of alkyl halides is 3. The molecule has 0 atom stereocenters. The fourth-order valence-corrected chi connectivity index (χ4v) is 3.26. The number of rotatable bonds is 6. The van der Waals surface area contributed by atoms with Crippen LogP contribution in [-0.2, 0) is 19.4 Å². The summed E-state index contributed by atoms with van der Waals surface area (Å²) in [5, 5.41) is 4.38. The summed E-state index contributed by atoms with van der Waals surface area (Å²) < 4.78 is 41.8. The molecule has 0 unspecified atom stereocenters. The largest absolute Gasteiger partial charge is 0.416 e. The molecule has 4 nitrogen and oxygen atoms in total. The Hall–Kier alpha value is -2.67. The Bertz CT molecular complexity index is 901. The molecule has 0 amide bonds.